The molecule has 0 aliphatic heterocycles. The van der Waals surface area contributed by atoms with Gasteiger partial charge in [-0.1, -0.05) is 65.7 Å². The maximum Gasteiger partial charge on any atom is 0.205 e. The van der Waals surface area contributed by atoms with E-state index in [2.05, 4.69) is 5.09 Å². The molecule has 6 heteroatoms. The second kappa shape index (κ2) is 9.94. The zero-order valence-corrected chi connectivity index (χ0v) is 19.8. The van der Waals surface area contributed by atoms with E-state index in [9.17, 15) is 4.57 Å². The fourth-order valence-corrected chi connectivity index (χ4v) is 6.40. The van der Waals surface area contributed by atoms with E-state index >= 15 is 0 Å². The van der Waals surface area contributed by atoms with Crippen molar-refractivity contribution in [2.45, 2.75) is 13.0 Å². The maximum absolute atomic E-state index is 14.3. The number of nitrogens with one attached hydrogen (secondary N) is 1. The quantitative estimate of drug-likeness (QED) is 0.280. The first-order valence-electron chi connectivity index (χ1n) is 10.2. The standard InChI is InChI=1S/C26H22Cl2NO2P/c1-19(25-17-16-22(18-26(25)28)31-21-14-12-20(27)13-15-21)29-32(30,23-8-4-2-5-9-23)24-10-6-3-7-11-24/h2-19H,1H3,(H,29,30). The summed E-state index contributed by atoms with van der Waals surface area (Å²) in [4.78, 5) is 0. The summed E-state index contributed by atoms with van der Waals surface area (Å²) in [7, 11) is -3.09. The first-order valence-corrected chi connectivity index (χ1v) is 12.6. The summed E-state index contributed by atoms with van der Waals surface area (Å²) in [5.74, 6) is 1.28. The van der Waals surface area contributed by atoms with Crippen LogP contribution < -0.4 is 20.4 Å². The van der Waals surface area contributed by atoms with E-state index in [0.29, 0.717) is 21.5 Å². The Balaban J connectivity index is 1.60. The van der Waals surface area contributed by atoms with Crippen LogP contribution in [0.1, 0.15) is 18.5 Å². The number of benzene rings is 4. The van der Waals surface area contributed by atoms with Crippen molar-refractivity contribution in [2.75, 3.05) is 0 Å². The van der Waals surface area contributed by atoms with E-state index in [1.54, 1.807) is 30.3 Å². The Morgan fingerprint density at radius 1 is 0.750 bits per heavy atom. The Morgan fingerprint density at radius 2 is 1.28 bits per heavy atom. The fraction of sp³-hybridized carbons (Fsp3) is 0.0769. The molecule has 4 aromatic rings. The Bertz CT molecular complexity index is 1190. The van der Waals surface area contributed by atoms with Crippen LogP contribution >= 0.6 is 30.5 Å². The van der Waals surface area contributed by atoms with Crippen molar-refractivity contribution in [1.29, 1.82) is 0 Å². The van der Waals surface area contributed by atoms with Crippen molar-refractivity contribution in [2.24, 2.45) is 0 Å². The van der Waals surface area contributed by atoms with Crippen LogP contribution in [0.5, 0.6) is 11.5 Å². The van der Waals surface area contributed by atoms with Gasteiger partial charge < -0.3 is 4.74 Å². The minimum absolute atomic E-state index is 0.265. The lowest BCUT2D eigenvalue weighted by molar-refractivity contribution is 0.482. The molecule has 0 fully saturated rings. The van der Waals surface area contributed by atoms with Gasteiger partial charge in [0.1, 0.15) is 11.5 Å². The van der Waals surface area contributed by atoms with Crippen LogP contribution in [0.15, 0.2) is 103 Å². The van der Waals surface area contributed by atoms with Gasteiger partial charge in [0.2, 0.25) is 7.29 Å². The highest BCUT2D eigenvalue weighted by atomic mass is 35.5. The highest BCUT2D eigenvalue weighted by molar-refractivity contribution is 7.76. The van der Waals surface area contributed by atoms with E-state index < -0.39 is 7.29 Å². The monoisotopic (exact) mass is 481 g/mol. The van der Waals surface area contributed by atoms with Gasteiger partial charge in [0.15, 0.2) is 0 Å². The van der Waals surface area contributed by atoms with Crippen LogP contribution in [0, 0.1) is 0 Å². The largest absolute Gasteiger partial charge is 0.457 e. The Kier molecular flexibility index (Phi) is 7.03. The SMILES string of the molecule is CC(NP(=O)(c1ccccc1)c1ccccc1)c1ccc(Oc2ccc(Cl)cc2)cc1Cl. The number of rotatable bonds is 7. The van der Waals surface area contributed by atoms with Crippen molar-refractivity contribution in [3.05, 3.63) is 119 Å². The lowest BCUT2D eigenvalue weighted by atomic mass is 10.1. The molecular weight excluding hydrogens is 460 g/mol. The van der Waals surface area contributed by atoms with E-state index in [0.717, 1.165) is 16.2 Å². The second-order valence-electron chi connectivity index (χ2n) is 7.37. The van der Waals surface area contributed by atoms with Gasteiger partial charge in [-0.2, -0.15) is 0 Å². The van der Waals surface area contributed by atoms with Crippen molar-refractivity contribution < 1.29 is 9.30 Å². The van der Waals surface area contributed by atoms with Gasteiger partial charge in [0, 0.05) is 26.7 Å². The molecule has 1 N–H and O–H groups in total. The molecule has 0 aliphatic rings. The van der Waals surface area contributed by atoms with E-state index in [-0.39, 0.29) is 6.04 Å². The molecule has 1 atom stereocenters. The first-order chi connectivity index (χ1) is 15.5. The molecule has 0 heterocycles. The van der Waals surface area contributed by atoms with Crippen molar-refractivity contribution in [3.8, 4) is 11.5 Å². The van der Waals surface area contributed by atoms with Gasteiger partial charge in [-0.25, -0.2) is 0 Å². The minimum Gasteiger partial charge on any atom is -0.457 e. The minimum atomic E-state index is -3.09. The molecule has 4 rings (SSSR count). The van der Waals surface area contributed by atoms with E-state index in [1.165, 1.54) is 0 Å². The molecule has 0 saturated heterocycles. The Morgan fingerprint density at radius 3 is 1.81 bits per heavy atom. The van der Waals surface area contributed by atoms with Crippen LogP contribution in [0.4, 0.5) is 0 Å². The van der Waals surface area contributed by atoms with Gasteiger partial charge in [0.05, 0.1) is 0 Å². The lowest BCUT2D eigenvalue weighted by Gasteiger charge is -2.25. The number of hydrogen-bond donors (Lipinski definition) is 1. The molecule has 0 bridgehead atoms. The molecule has 0 aromatic heterocycles. The van der Waals surface area contributed by atoms with Gasteiger partial charge in [-0.15, -0.1) is 0 Å². The highest BCUT2D eigenvalue weighted by Crippen LogP contribution is 2.43. The summed E-state index contributed by atoms with van der Waals surface area (Å²) >= 11 is 12.5. The zero-order chi connectivity index (χ0) is 22.6. The van der Waals surface area contributed by atoms with Crippen molar-refractivity contribution in [1.82, 2.24) is 5.09 Å². The normalized spacial score (nSPS) is 12.3. The van der Waals surface area contributed by atoms with Gasteiger partial charge >= 0.3 is 0 Å². The van der Waals surface area contributed by atoms with E-state index in [4.69, 9.17) is 27.9 Å². The maximum atomic E-state index is 14.3. The second-order valence-corrected chi connectivity index (χ2v) is 10.7. The van der Waals surface area contributed by atoms with Crippen LogP contribution in [-0.4, -0.2) is 0 Å². The Labute approximate surface area is 198 Å². The first kappa shape index (κ1) is 22.6. The van der Waals surface area contributed by atoms with Gasteiger partial charge in [0.25, 0.3) is 0 Å². The predicted molar refractivity (Wildman–Crippen MR) is 134 cm³/mol. The van der Waals surface area contributed by atoms with Crippen molar-refractivity contribution in [3.63, 3.8) is 0 Å². The zero-order valence-electron chi connectivity index (χ0n) is 17.4. The lowest BCUT2D eigenvalue weighted by Crippen LogP contribution is -2.29. The molecule has 4 aromatic carbocycles. The summed E-state index contributed by atoms with van der Waals surface area (Å²) in [6.45, 7) is 1.96. The van der Waals surface area contributed by atoms with Crippen molar-refractivity contribution >= 4 is 41.1 Å². The molecular formula is C26H22Cl2NO2P. The van der Waals surface area contributed by atoms with Crippen LogP contribution in [0.25, 0.3) is 0 Å². The average molecular weight is 482 g/mol. The number of hydrogen-bond acceptors (Lipinski definition) is 2. The molecule has 3 nitrogen and oxygen atoms in total. The number of halogens is 2. The molecule has 0 radical (unpaired) electrons. The van der Waals surface area contributed by atoms with Gasteiger partial charge in [-0.3, -0.25) is 9.65 Å². The third-order valence-electron chi connectivity index (χ3n) is 5.10. The van der Waals surface area contributed by atoms with Crippen LogP contribution in [-0.2, 0) is 4.57 Å². The Hall–Kier alpha value is -2.55. The van der Waals surface area contributed by atoms with Crippen LogP contribution in [0.2, 0.25) is 10.0 Å². The number of ether oxygens (including phenoxy) is 1. The average Bonchev–Trinajstić information content (AvgIpc) is 2.81. The third-order valence-corrected chi connectivity index (χ3v) is 8.48. The smallest absolute Gasteiger partial charge is 0.205 e. The topological polar surface area (TPSA) is 38.3 Å². The molecule has 32 heavy (non-hydrogen) atoms. The summed E-state index contributed by atoms with van der Waals surface area (Å²) < 4.78 is 20.1. The molecule has 0 spiro atoms. The summed E-state index contributed by atoms with van der Waals surface area (Å²) in [5, 5.41) is 6.05. The summed E-state index contributed by atoms with van der Waals surface area (Å²) in [6, 6.07) is 31.3. The molecule has 1 unspecified atom stereocenters. The molecule has 0 saturated carbocycles. The molecule has 0 aliphatic carbocycles. The van der Waals surface area contributed by atoms with Crippen LogP contribution in [0.3, 0.4) is 0 Å². The van der Waals surface area contributed by atoms with Gasteiger partial charge in [-0.05, 0) is 73.2 Å². The predicted octanol–water partition coefficient (Wildman–Crippen LogP) is 7.37. The third kappa shape index (κ3) is 5.09. The molecule has 0 amide bonds. The van der Waals surface area contributed by atoms with E-state index in [1.807, 2.05) is 79.7 Å². The summed E-state index contributed by atoms with van der Waals surface area (Å²) in [6.07, 6.45) is 0. The fourth-order valence-electron chi connectivity index (χ4n) is 3.48. The summed E-state index contributed by atoms with van der Waals surface area (Å²) in [5.41, 5.74) is 0.835. The molecule has 162 valence electrons. The highest BCUT2D eigenvalue weighted by Gasteiger charge is 2.29.